The molecule has 0 atom stereocenters. The van der Waals surface area contributed by atoms with Crippen molar-refractivity contribution in [2.75, 3.05) is 0 Å². The SMILES string of the molecule is N#Cc1ccncc1-c1ncccc1[N+](=O)[O-]. The van der Waals surface area contributed by atoms with E-state index in [-0.39, 0.29) is 11.4 Å². The summed E-state index contributed by atoms with van der Waals surface area (Å²) < 4.78 is 0. The van der Waals surface area contributed by atoms with Crippen LogP contribution in [0.5, 0.6) is 0 Å². The van der Waals surface area contributed by atoms with Crippen LogP contribution in [0, 0.1) is 21.4 Å². The summed E-state index contributed by atoms with van der Waals surface area (Å²) in [6.45, 7) is 0. The first-order valence-electron chi connectivity index (χ1n) is 4.68. The van der Waals surface area contributed by atoms with E-state index in [9.17, 15) is 10.1 Å². The normalized spacial score (nSPS) is 9.59. The molecule has 6 nitrogen and oxygen atoms in total. The van der Waals surface area contributed by atoms with Crippen molar-refractivity contribution in [1.82, 2.24) is 9.97 Å². The number of hydrogen-bond acceptors (Lipinski definition) is 5. The summed E-state index contributed by atoms with van der Waals surface area (Å²) in [7, 11) is 0. The third-order valence-corrected chi connectivity index (χ3v) is 2.18. The summed E-state index contributed by atoms with van der Waals surface area (Å²) in [6.07, 6.45) is 4.29. The van der Waals surface area contributed by atoms with Crippen LogP contribution in [-0.4, -0.2) is 14.9 Å². The van der Waals surface area contributed by atoms with Gasteiger partial charge in [0.1, 0.15) is 0 Å². The Labute approximate surface area is 96.3 Å². The van der Waals surface area contributed by atoms with Gasteiger partial charge in [0.25, 0.3) is 5.69 Å². The zero-order valence-electron chi connectivity index (χ0n) is 8.57. The first kappa shape index (κ1) is 10.7. The van der Waals surface area contributed by atoms with Crippen molar-refractivity contribution in [2.45, 2.75) is 0 Å². The number of nitrogens with zero attached hydrogens (tertiary/aromatic N) is 4. The van der Waals surface area contributed by atoms with Crippen LogP contribution in [0.4, 0.5) is 5.69 Å². The number of aromatic nitrogens is 2. The maximum absolute atomic E-state index is 10.9. The smallest absolute Gasteiger partial charge is 0.264 e. The highest BCUT2D eigenvalue weighted by molar-refractivity contribution is 5.73. The molecule has 0 aromatic carbocycles. The molecular weight excluding hydrogens is 220 g/mol. The highest BCUT2D eigenvalue weighted by atomic mass is 16.6. The lowest BCUT2D eigenvalue weighted by molar-refractivity contribution is -0.384. The Balaban J connectivity index is 2.69. The molecular formula is C11H6N4O2. The van der Waals surface area contributed by atoms with E-state index in [1.807, 2.05) is 6.07 Å². The summed E-state index contributed by atoms with van der Waals surface area (Å²) in [5.41, 5.74) is 0.684. The van der Waals surface area contributed by atoms with Crippen molar-refractivity contribution in [3.63, 3.8) is 0 Å². The molecule has 0 N–H and O–H groups in total. The quantitative estimate of drug-likeness (QED) is 0.576. The van der Waals surface area contributed by atoms with Gasteiger partial charge in [0.05, 0.1) is 16.6 Å². The fourth-order valence-electron chi connectivity index (χ4n) is 1.43. The predicted molar refractivity (Wildman–Crippen MR) is 58.8 cm³/mol. The topological polar surface area (TPSA) is 92.7 Å². The Morgan fingerprint density at radius 2 is 2.18 bits per heavy atom. The Hall–Kier alpha value is -2.81. The van der Waals surface area contributed by atoms with E-state index < -0.39 is 4.92 Å². The van der Waals surface area contributed by atoms with Crippen molar-refractivity contribution < 1.29 is 4.92 Å². The number of nitriles is 1. The van der Waals surface area contributed by atoms with Crippen LogP contribution in [0.1, 0.15) is 5.56 Å². The number of pyridine rings is 2. The van der Waals surface area contributed by atoms with Crippen LogP contribution in [0.25, 0.3) is 11.3 Å². The van der Waals surface area contributed by atoms with Gasteiger partial charge >= 0.3 is 0 Å². The van der Waals surface area contributed by atoms with Gasteiger partial charge in [0, 0.05) is 30.2 Å². The minimum Gasteiger partial charge on any atom is -0.264 e. The van der Waals surface area contributed by atoms with Gasteiger partial charge in [-0.05, 0) is 12.1 Å². The van der Waals surface area contributed by atoms with Gasteiger partial charge in [0.2, 0.25) is 0 Å². The van der Waals surface area contributed by atoms with Crippen molar-refractivity contribution in [3.8, 4) is 17.3 Å². The third-order valence-electron chi connectivity index (χ3n) is 2.18. The molecule has 2 aromatic rings. The van der Waals surface area contributed by atoms with Crippen molar-refractivity contribution in [2.24, 2.45) is 0 Å². The van der Waals surface area contributed by atoms with E-state index in [2.05, 4.69) is 9.97 Å². The average molecular weight is 226 g/mol. The lowest BCUT2D eigenvalue weighted by atomic mass is 10.1. The van der Waals surface area contributed by atoms with Gasteiger partial charge in [-0.15, -0.1) is 0 Å². The van der Waals surface area contributed by atoms with E-state index in [0.29, 0.717) is 11.1 Å². The number of hydrogen-bond donors (Lipinski definition) is 0. The summed E-state index contributed by atoms with van der Waals surface area (Å²) in [5, 5.41) is 19.8. The van der Waals surface area contributed by atoms with Gasteiger partial charge in [-0.25, -0.2) is 4.98 Å². The second kappa shape index (κ2) is 4.37. The van der Waals surface area contributed by atoms with Crippen LogP contribution in [-0.2, 0) is 0 Å². The molecule has 82 valence electrons. The fourth-order valence-corrected chi connectivity index (χ4v) is 1.43. The van der Waals surface area contributed by atoms with Crippen LogP contribution in [0.15, 0.2) is 36.8 Å². The van der Waals surface area contributed by atoms with E-state index in [1.54, 1.807) is 0 Å². The minimum absolute atomic E-state index is 0.142. The van der Waals surface area contributed by atoms with Crippen molar-refractivity contribution in [3.05, 3.63) is 52.5 Å². The van der Waals surface area contributed by atoms with Gasteiger partial charge in [-0.3, -0.25) is 15.1 Å². The molecule has 0 aliphatic rings. The molecule has 2 rings (SSSR count). The lowest BCUT2D eigenvalue weighted by Gasteiger charge is -2.02. The first-order chi connectivity index (χ1) is 8.24. The molecule has 0 aliphatic carbocycles. The standard InChI is InChI=1S/C11H6N4O2/c12-6-8-3-5-13-7-9(8)11-10(15(16)17)2-1-4-14-11/h1-5,7H. The summed E-state index contributed by atoms with van der Waals surface area (Å²) in [5.74, 6) is 0. The van der Waals surface area contributed by atoms with Crippen LogP contribution >= 0.6 is 0 Å². The van der Waals surface area contributed by atoms with Crippen LogP contribution in [0.3, 0.4) is 0 Å². The largest absolute Gasteiger partial charge is 0.295 e. The second-order valence-corrected chi connectivity index (χ2v) is 3.16. The minimum atomic E-state index is -0.531. The van der Waals surface area contributed by atoms with E-state index in [4.69, 9.17) is 5.26 Å². The van der Waals surface area contributed by atoms with Crippen molar-refractivity contribution >= 4 is 5.69 Å². The molecule has 0 fully saturated rings. The van der Waals surface area contributed by atoms with E-state index in [1.165, 1.54) is 36.8 Å². The maximum Gasteiger partial charge on any atom is 0.295 e. The zero-order chi connectivity index (χ0) is 12.3. The highest BCUT2D eigenvalue weighted by Gasteiger charge is 2.18. The Morgan fingerprint density at radius 1 is 1.35 bits per heavy atom. The van der Waals surface area contributed by atoms with Gasteiger partial charge < -0.3 is 0 Å². The zero-order valence-corrected chi connectivity index (χ0v) is 8.57. The van der Waals surface area contributed by atoms with Gasteiger partial charge in [0.15, 0.2) is 5.69 Å². The van der Waals surface area contributed by atoms with Crippen LogP contribution < -0.4 is 0 Å². The average Bonchev–Trinajstić information content (AvgIpc) is 2.38. The summed E-state index contributed by atoms with van der Waals surface area (Å²) in [6, 6.07) is 6.27. The molecule has 2 heterocycles. The molecule has 0 spiro atoms. The number of nitro groups is 1. The maximum atomic E-state index is 10.9. The molecule has 6 heteroatoms. The molecule has 0 unspecified atom stereocenters. The molecule has 0 amide bonds. The Morgan fingerprint density at radius 3 is 2.88 bits per heavy atom. The molecule has 0 aliphatic heterocycles. The third kappa shape index (κ3) is 1.94. The van der Waals surface area contributed by atoms with Gasteiger partial charge in [-0.1, -0.05) is 0 Å². The molecule has 0 radical (unpaired) electrons. The monoisotopic (exact) mass is 226 g/mol. The molecule has 17 heavy (non-hydrogen) atoms. The summed E-state index contributed by atoms with van der Waals surface area (Å²) >= 11 is 0. The fraction of sp³-hybridized carbons (Fsp3) is 0. The summed E-state index contributed by atoms with van der Waals surface area (Å²) in [4.78, 5) is 18.1. The van der Waals surface area contributed by atoms with Gasteiger partial charge in [-0.2, -0.15) is 5.26 Å². The number of rotatable bonds is 2. The Kier molecular flexibility index (Phi) is 2.75. The lowest BCUT2D eigenvalue weighted by Crippen LogP contribution is -1.96. The molecule has 0 bridgehead atoms. The van der Waals surface area contributed by atoms with E-state index in [0.717, 1.165) is 0 Å². The van der Waals surface area contributed by atoms with E-state index >= 15 is 0 Å². The van der Waals surface area contributed by atoms with Crippen LogP contribution in [0.2, 0.25) is 0 Å². The molecule has 2 aromatic heterocycles. The Bertz CT molecular complexity index is 619. The molecule has 0 saturated heterocycles. The molecule has 0 saturated carbocycles. The first-order valence-corrected chi connectivity index (χ1v) is 4.68. The highest BCUT2D eigenvalue weighted by Crippen LogP contribution is 2.28. The van der Waals surface area contributed by atoms with Crippen molar-refractivity contribution in [1.29, 1.82) is 5.26 Å². The second-order valence-electron chi connectivity index (χ2n) is 3.16. The predicted octanol–water partition coefficient (Wildman–Crippen LogP) is 1.92.